The van der Waals surface area contributed by atoms with E-state index < -0.39 is 0 Å². The zero-order chi connectivity index (χ0) is 18.9. The van der Waals surface area contributed by atoms with Crippen molar-refractivity contribution in [3.8, 4) is 5.88 Å². The number of piperidine rings is 1. The summed E-state index contributed by atoms with van der Waals surface area (Å²) in [6, 6.07) is 4.75. The highest BCUT2D eigenvalue weighted by molar-refractivity contribution is 14.0. The average Bonchev–Trinajstić information content (AvgIpc) is 3.52. The molecule has 158 valence electrons. The van der Waals surface area contributed by atoms with E-state index in [-0.39, 0.29) is 24.0 Å². The predicted octanol–water partition coefficient (Wildman–Crippen LogP) is 3.42. The zero-order valence-corrected chi connectivity index (χ0v) is 19.7. The number of guanidine groups is 1. The van der Waals surface area contributed by atoms with Gasteiger partial charge in [0.2, 0.25) is 5.88 Å². The fourth-order valence-electron chi connectivity index (χ4n) is 3.47. The van der Waals surface area contributed by atoms with E-state index in [1.54, 1.807) is 0 Å². The summed E-state index contributed by atoms with van der Waals surface area (Å²) >= 11 is 0. The van der Waals surface area contributed by atoms with Gasteiger partial charge < -0.3 is 20.3 Å². The third-order valence-electron chi connectivity index (χ3n) is 5.50. The molecule has 1 saturated heterocycles. The van der Waals surface area contributed by atoms with Crippen LogP contribution in [0.2, 0.25) is 0 Å². The Balaban J connectivity index is 0.00000280. The SMILES string of the molecule is CN=C(NCCCN1CCCCC1C)NCc1ccc(OCC2CC2)nc1.I. The van der Waals surface area contributed by atoms with Crippen molar-refractivity contribution in [3.05, 3.63) is 23.9 Å². The first-order valence-corrected chi connectivity index (χ1v) is 10.5. The van der Waals surface area contributed by atoms with Gasteiger partial charge >= 0.3 is 0 Å². The van der Waals surface area contributed by atoms with Gasteiger partial charge in [-0.3, -0.25) is 4.99 Å². The third kappa shape index (κ3) is 8.11. The Morgan fingerprint density at radius 2 is 2.11 bits per heavy atom. The number of nitrogens with one attached hydrogen (secondary N) is 2. The lowest BCUT2D eigenvalue weighted by Gasteiger charge is -2.33. The largest absolute Gasteiger partial charge is 0.477 e. The molecule has 1 aliphatic heterocycles. The van der Waals surface area contributed by atoms with Crippen LogP contribution >= 0.6 is 24.0 Å². The van der Waals surface area contributed by atoms with Crippen LogP contribution in [0, 0.1) is 5.92 Å². The van der Waals surface area contributed by atoms with E-state index in [4.69, 9.17) is 4.74 Å². The lowest BCUT2D eigenvalue weighted by Crippen LogP contribution is -2.41. The van der Waals surface area contributed by atoms with Gasteiger partial charge in [-0.05, 0) is 57.1 Å². The molecule has 3 rings (SSSR count). The van der Waals surface area contributed by atoms with Gasteiger partial charge in [-0.15, -0.1) is 24.0 Å². The second-order valence-corrected chi connectivity index (χ2v) is 7.85. The number of rotatable bonds is 9. The number of aromatic nitrogens is 1. The smallest absolute Gasteiger partial charge is 0.213 e. The van der Waals surface area contributed by atoms with E-state index in [2.05, 4.69) is 38.5 Å². The minimum atomic E-state index is 0. The molecule has 7 heteroatoms. The van der Waals surface area contributed by atoms with Crippen LogP contribution in [0.3, 0.4) is 0 Å². The highest BCUT2D eigenvalue weighted by Gasteiger charge is 2.22. The number of pyridine rings is 1. The summed E-state index contributed by atoms with van der Waals surface area (Å²) < 4.78 is 5.68. The Labute approximate surface area is 186 Å². The molecule has 1 saturated carbocycles. The fourth-order valence-corrected chi connectivity index (χ4v) is 3.47. The first-order valence-electron chi connectivity index (χ1n) is 10.5. The van der Waals surface area contributed by atoms with Crippen molar-refractivity contribution >= 4 is 29.9 Å². The molecular formula is C21H36IN5O. The van der Waals surface area contributed by atoms with Crippen molar-refractivity contribution in [2.24, 2.45) is 10.9 Å². The minimum absolute atomic E-state index is 0. The van der Waals surface area contributed by atoms with Gasteiger partial charge in [0.1, 0.15) is 0 Å². The summed E-state index contributed by atoms with van der Waals surface area (Å²) in [4.78, 5) is 11.3. The van der Waals surface area contributed by atoms with Gasteiger partial charge in [-0.25, -0.2) is 4.98 Å². The maximum absolute atomic E-state index is 5.68. The summed E-state index contributed by atoms with van der Waals surface area (Å²) in [5, 5.41) is 6.77. The van der Waals surface area contributed by atoms with Crippen LogP contribution in [0.1, 0.15) is 51.0 Å². The molecule has 1 atom stereocenters. The minimum Gasteiger partial charge on any atom is -0.477 e. The van der Waals surface area contributed by atoms with Gasteiger partial charge in [-0.1, -0.05) is 12.5 Å². The van der Waals surface area contributed by atoms with Gasteiger partial charge in [0.25, 0.3) is 0 Å². The number of aliphatic imine (C=N–C) groups is 1. The standard InChI is InChI=1S/C21H35N5O.HI/c1-17-6-3-4-12-26(17)13-5-11-23-21(22-2)25-15-19-9-10-20(24-14-19)27-16-18-7-8-18;/h9-10,14,17-18H,3-8,11-13,15-16H2,1-2H3,(H2,22,23,25);1H. The predicted molar refractivity (Wildman–Crippen MR) is 126 cm³/mol. The van der Waals surface area contributed by atoms with Crippen LogP contribution in [-0.4, -0.2) is 55.2 Å². The van der Waals surface area contributed by atoms with Gasteiger partial charge in [-0.2, -0.15) is 0 Å². The molecular weight excluding hydrogens is 465 g/mol. The Morgan fingerprint density at radius 1 is 1.25 bits per heavy atom. The molecule has 1 aromatic heterocycles. The van der Waals surface area contributed by atoms with E-state index in [0.29, 0.717) is 6.54 Å². The molecule has 0 radical (unpaired) electrons. The molecule has 1 unspecified atom stereocenters. The second kappa shape index (κ2) is 12.5. The molecule has 1 aromatic rings. The van der Waals surface area contributed by atoms with Crippen LogP contribution in [0.4, 0.5) is 0 Å². The Bertz CT molecular complexity index is 591. The Hall–Kier alpha value is -1.09. The molecule has 2 aliphatic rings. The van der Waals surface area contributed by atoms with Crippen molar-refractivity contribution < 1.29 is 4.74 Å². The van der Waals surface area contributed by atoms with E-state index in [9.17, 15) is 0 Å². The monoisotopic (exact) mass is 501 g/mol. The summed E-state index contributed by atoms with van der Waals surface area (Å²) in [6.07, 6.45) is 9.68. The van der Waals surface area contributed by atoms with Crippen molar-refractivity contribution in [1.82, 2.24) is 20.5 Å². The summed E-state index contributed by atoms with van der Waals surface area (Å²) in [6.45, 7) is 7.22. The van der Waals surface area contributed by atoms with Crippen LogP contribution in [0.15, 0.2) is 23.3 Å². The molecule has 0 aromatic carbocycles. The maximum Gasteiger partial charge on any atom is 0.213 e. The molecule has 0 spiro atoms. The quantitative estimate of drug-likeness (QED) is 0.235. The number of hydrogen-bond acceptors (Lipinski definition) is 4. The first kappa shape index (κ1) is 23.2. The molecule has 0 amide bonds. The normalized spacial score (nSPS) is 20.4. The molecule has 6 nitrogen and oxygen atoms in total. The van der Waals surface area contributed by atoms with Crippen LogP contribution in [-0.2, 0) is 6.54 Å². The lowest BCUT2D eigenvalue weighted by atomic mass is 10.0. The number of halogens is 1. The van der Waals surface area contributed by atoms with Crippen molar-refractivity contribution in [2.45, 2.75) is 58.0 Å². The lowest BCUT2D eigenvalue weighted by molar-refractivity contribution is 0.159. The van der Waals surface area contributed by atoms with E-state index in [0.717, 1.165) is 55.5 Å². The number of nitrogens with zero attached hydrogens (tertiary/aromatic N) is 3. The van der Waals surface area contributed by atoms with Gasteiger partial charge in [0.15, 0.2) is 5.96 Å². The number of ether oxygens (including phenoxy) is 1. The summed E-state index contributed by atoms with van der Waals surface area (Å²) in [5.74, 6) is 2.32. The van der Waals surface area contributed by atoms with Crippen LogP contribution in [0.25, 0.3) is 0 Å². The van der Waals surface area contributed by atoms with E-state index in [1.807, 2.05) is 19.3 Å². The Morgan fingerprint density at radius 3 is 2.79 bits per heavy atom. The topological polar surface area (TPSA) is 61.8 Å². The van der Waals surface area contributed by atoms with E-state index >= 15 is 0 Å². The van der Waals surface area contributed by atoms with Crippen molar-refractivity contribution in [1.29, 1.82) is 0 Å². The highest BCUT2D eigenvalue weighted by Crippen LogP contribution is 2.29. The molecule has 2 heterocycles. The Kier molecular flexibility index (Phi) is 10.3. The molecule has 1 aliphatic carbocycles. The number of hydrogen-bond donors (Lipinski definition) is 2. The van der Waals surface area contributed by atoms with Gasteiger partial charge in [0.05, 0.1) is 6.61 Å². The third-order valence-corrected chi connectivity index (χ3v) is 5.50. The van der Waals surface area contributed by atoms with Crippen molar-refractivity contribution in [2.75, 3.05) is 33.3 Å². The zero-order valence-electron chi connectivity index (χ0n) is 17.3. The summed E-state index contributed by atoms with van der Waals surface area (Å²) in [5.41, 5.74) is 1.12. The molecule has 28 heavy (non-hydrogen) atoms. The molecule has 0 bridgehead atoms. The van der Waals surface area contributed by atoms with Crippen LogP contribution in [0.5, 0.6) is 5.88 Å². The highest BCUT2D eigenvalue weighted by atomic mass is 127. The van der Waals surface area contributed by atoms with Gasteiger partial charge in [0, 0.05) is 45.0 Å². The van der Waals surface area contributed by atoms with Crippen molar-refractivity contribution in [3.63, 3.8) is 0 Å². The average molecular weight is 501 g/mol. The molecule has 2 fully saturated rings. The second-order valence-electron chi connectivity index (χ2n) is 7.85. The van der Waals surface area contributed by atoms with Crippen LogP contribution < -0.4 is 15.4 Å². The maximum atomic E-state index is 5.68. The van der Waals surface area contributed by atoms with E-state index in [1.165, 1.54) is 38.6 Å². The fraction of sp³-hybridized carbons (Fsp3) is 0.714. The summed E-state index contributed by atoms with van der Waals surface area (Å²) in [7, 11) is 1.81. The number of likely N-dealkylation sites (tertiary alicyclic amines) is 1. The first-order chi connectivity index (χ1) is 13.2. The molecule has 2 N–H and O–H groups in total.